The van der Waals surface area contributed by atoms with E-state index in [1.807, 2.05) is 12.1 Å². The number of ether oxygens (including phenoxy) is 2. The van der Waals surface area contributed by atoms with Gasteiger partial charge in [0.05, 0.1) is 19.9 Å². The minimum absolute atomic E-state index is 0.00965. The molecule has 6 heteroatoms. The molecular formula is C23H19FN2O3. The van der Waals surface area contributed by atoms with Crippen LogP contribution in [0.1, 0.15) is 11.1 Å². The lowest BCUT2D eigenvalue weighted by Crippen LogP contribution is -2.40. The van der Waals surface area contributed by atoms with E-state index < -0.39 is 11.6 Å². The van der Waals surface area contributed by atoms with Crippen LogP contribution in [0, 0.1) is 0 Å². The van der Waals surface area contributed by atoms with E-state index in [-0.39, 0.29) is 17.0 Å². The van der Waals surface area contributed by atoms with Crippen LogP contribution in [-0.2, 0) is 10.5 Å². The van der Waals surface area contributed by atoms with Crippen LogP contribution in [0.5, 0.6) is 11.5 Å². The van der Waals surface area contributed by atoms with Crippen molar-refractivity contribution in [3.8, 4) is 11.5 Å². The van der Waals surface area contributed by atoms with Gasteiger partial charge in [-0.05, 0) is 24.3 Å². The molecule has 0 saturated heterocycles. The number of methoxy groups -OCH3 is 2. The average molecular weight is 390 g/mol. The highest BCUT2D eigenvalue weighted by Crippen LogP contribution is 2.44. The number of nitrogens with zero attached hydrogens (tertiary/aromatic N) is 2. The Hall–Kier alpha value is -3.67. The van der Waals surface area contributed by atoms with Gasteiger partial charge < -0.3 is 9.47 Å². The summed E-state index contributed by atoms with van der Waals surface area (Å²) in [5.74, 6) is -0.0949. The third kappa shape index (κ3) is 3.02. The van der Waals surface area contributed by atoms with Crippen LogP contribution in [0.4, 0.5) is 10.1 Å². The van der Waals surface area contributed by atoms with E-state index in [0.717, 1.165) is 5.01 Å². The normalized spacial score (nSPS) is 18.5. The standard InChI is InChI=1S/C23H19FN2O3/c1-28-18-13-14-19(20(15-18)29-2)23(24)21(16-9-5-3-6-10-16)25-26(22(23)27)17-11-7-4-8-12-17/h3-15H,1-2H3. The second-order valence-electron chi connectivity index (χ2n) is 6.49. The van der Waals surface area contributed by atoms with E-state index in [1.54, 1.807) is 60.7 Å². The first-order valence-corrected chi connectivity index (χ1v) is 9.05. The SMILES string of the molecule is COc1ccc(C2(F)C(=O)N(c3ccccc3)N=C2c2ccccc2)c(OC)c1. The number of anilines is 1. The fraction of sp³-hybridized carbons (Fsp3) is 0.130. The molecule has 146 valence electrons. The summed E-state index contributed by atoms with van der Waals surface area (Å²) in [5.41, 5.74) is -1.44. The molecule has 0 spiro atoms. The zero-order chi connectivity index (χ0) is 20.4. The van der Waals surface area contributed by atoms with Crippen LogP contribution in [0.2, 0.25) is 0 Å². The zero-order valence-corrected chi connectivity index (χ0v) is 16.0. The van der Waals surface area contributed by atoms with Crippen molar-refractivity contribution in [1.29, 1.82) is 0 Å². The van der Waals surface area contributed by atoms with Crippen molar-refractivity contribution in [2.24, 2.45) is 5.10 Å². The van der Waals surface area contributed by atoms with Gasteiger partial charge in [0.15, 0.2) is 0 Å². The van der Waals surface area contributed by atoms with Crippen LogP contribution in [0.15, 0.2) is 84.0 Å². The molecule has 1 amide bonds. The molecule has 29 heavy (non-hydrogen) atoms. The fourth-order valence-corrected chi connectivity index (χ4v) is 3.38. The Morgan fingerprint density at radius 3 is 2.17 bits per heavy atom. The number of hydrazone groups is 1. The molecule has 1 heterocycles. The Morgan fingerprint density at radius 2 is 1.55 bits per heavy atom. The van der Waals surface area contributed by atoms with E-state index in [4.69, 9.17) is 9.47 Å². The van der Waals surface area contributed by atoms with Gasteiger partial charge in [-0.3, -0.25) is 4.79 Å². The van der Waals surface area contributed by atoms with Crippen LogP contribution < -0.4 is 14.5 Å². The maximum absolute atomic E-state index is 16.8. The monoisotopic (exact) mass is 390 g/mol. The highest BCUT2D eigenvalue weighted by molar-refractivity contribution is 6.27. The molecular weight excluding hydrogens is 371 g/mol. The van der Waals surface area contributed by atoms with Crippen molar-refractivity contribution in [2.45, 2.75) is 5.67 Å². The van der Waals surface area contributed by atoms with Crippen molar-refractivity contribution in [2.75, 3.05) is 19.2 Å². The maximum atomic E-state index is 16.8. The number of carbonyl (C=O) groups is 1. The minimum Gasteiger partial charge on any atom is -0.497 e. The van der Waals surface area contributed by atoms with Crippen LogP contribution in [0.25, 0.3) is 0 Å². The number of para-hydroxylation sites is 1. The first-order chi connectivity index (χ1) is 14.1. The number of hydrogen-bond donors (Lipinski definition) is 0. The van der Waals surface area contributed by atoms with Crippen molar-refractivity contribution in [1.82, 2.24) is 0 Å². The number of alkyl halides is 1. The highest BCUT2D eigenvalue weighted by atomic mass is 19.1. The van der Waals surface area contributed by atoms with E-state index in [1.165, 1.54) is 20.3 Å². The predicted molar refractivity (Wildman–Crippen MR) is 109 cm³/mol. The van der Waals surface area contributed by atoms with Crippen LogP contribution in [-0.4, -0.2) is 25.8 Å². The third-order valence-electron chi connectivity index (χ3n) is 4.84. The number of carbonyl (C=O) groups excluding carboxylic acids is 1. The van der Waals surface area contributed by atoms with Gasteiger partial charge in [0.25, 0.3) is 11.6 Å². The van der Waals surface area contributed by atoms with Crippen molar-refractivity contribution >= 4 is 17.3 Å². The topological polar surface area (TPSA) is 51.1 Å². The Kier molecular flexibility index (Phi) is 4.76. The molecule has 0 aliphatic carbocycles. The second-order valence-corrected chi connectivity index (χ2v) is 6.49. The smallest absolute Gasteiger partial charge is 0.296 e. The molecule has 0 radical (unpaired) electrons. The average Bonchev–Trinajstić information content (AvgIpc) is 3.06. The molecule has 1 unspecified atom stereocenters. The molecule has 0 bridgehead atoms. The Labute approximate surface area is 168 Å². The summed E-state index contributed by atoms with van der Waals surface area (Å²) in [6.07, 6.45) is 0. The summed E-state index contributed by atoms with van der Waals surface area (Å²) >= 11 is 0. The largest absolute Gasteiger partial charge is 0.497 e. The number of halogens is 1. The molecule has 0 fully saturated rings. The van der Waals surface area contributed by atoms with Crippen molar-refractivity contribution < 1.29 is 18.7 Å². The number of benzene rings is 3. The van der Waals surface area contributed by atoms with Gasteiger partial charge in [0.1, 0.15) is 17.2 Å². The molecule has 4 rings (SSSR count). The van der Waals surface area contributed by atoms with E-state index in [2.05, 4.69) is 5.10 Å². The van der Waals surface area contributed by atoms with E-state index in [9.17, 15) is 4.79 Å². The quantitative estimate of drug-likeness (QED) is 0.652. The van der Waals surface area contributed by atoms with Gasteiger partial charge in [0, 0.05) is 17.2 Å². The Morgan fingerprint density at radius 1 is 0.897 bits per heavy atom. The van der Waals surface area contributed by atoms with Gasteiger partial charge in [-0.2, -0.15) is 10.1 Å². The van der Waals surface area contributed by atoms with Gasteiger partial charge in [0.2, 0.25) is 0 Å². The summed E-state index contributed by atoms with van der Waals surface area (Å²) < 4.78 is 27.4. The summed E-state index contributed by atoms with van der Waals surface area (Å²) in [4.78, 5) is 13.4. The van der Waals surface area contributed by atoms with Gasteiger partial charge >= 0.3 is 0 Å². The Balaban J connectivity index is 1.93. The lowest BCUT2D eigenvalue weighted by atomic mass is 9.86. The summed E-state index contributed by atoms with van der Waals surface area (Å²) in [6.45, 7) is 0. The van der Waals surface area contributed by atoms with Gasteiger partial charge in [-0.1, -0.05) is 48.5 Å². The highest BCUT2D eigenvalue weighted by Gasteiger charge is 2.55. The van der Waals surface area contributed by atoms with Crippen LogP contribution >= 0.6 is 0 Å². The molecule has 3 aromatic rings. The lowest BCUT2D eigenvalue weighted by Gasteiger charge is -2.23. The molecule has 0 saturated carbocycles. The molecule has 1 aliphatic heterocycles. The van der Waals surface area contributed by atoms with Gasteiger partial charge in [-0.15, -0.1) is 0 Å². The zero-order valence-electron chi connectivity index (χ0n) is 16.0. The fourth-order valence-electron chi connectivity index (χ4n) is 3.38. The number of rotatable bonds is 5. The summed E-state index contributed by atoms with van der Waals surface area (Å²) in [7, 11) is 2.93. The van der Waals surface area contributed by atoms with Gasteiger partial charge in [-0.25, -0.2) is 4.39 Å². The maximum Gasteiger partial charge on any atom is 0.296 e. The molecule has 0 N–H and O–H groups in total. The van der Waals surface area contributed by atoms with E-state index >= 15 is 4.39 Å². The molecule has 5 nitrogen and oxygen atoms in total. The number of hydrogen-bond acceptors (Lipinski definition) is 4. The summed E-state index contributed by atoms with van der Waals surface area (Å²) in [6, 6.07) is 22.3. The van der Waals surface area contributed by atoms with Crippen LogP contribution in [0.3, 0.4) is 0 Å². The minimum atomic E-state index is -2.52. The molecule has 0 aromatic heterocycles. The molecule has 1 aliphatic rings. The second kappa shape index (κ2) is 7.39. The predicted octanol–water partition coefficient (Wildman–Crippen LogP) is 4.32. The Bertz CT molecular complexity index is 1070. The van der Waals surface area contributed by atoms with Crippen molar-refractivity contribution in [3.05, 3.63) is 90.0 Å². The number of amides is 1. The first kappa shape index (κ1) is 18.7. The molecule has 3 aromatic carbocycles. The first-order valence-electron chi connectivity index (χ1n) is 9.05. The summed E-state index contributed by atoms with van der Waals surface area (Å²) in [5, 5.41) is 5.50. The van der Waals surface area contributed by atoms with Crippen molar-refractivity contribution in [3.63, 3.8) is 0 Å². The lowest BCUT2D eigenvalue weighted by molar-refractivity contribution is -0.125. The van der Waals surface area contributed by atoms with E-state index in [0.29, 0.717) is 17.0 Å². The third-order valence-corrected chi connectivity index (χ3v) is 4.84. The molecule has 1 atom stereocenters.